The number of nitrogens with zero attached hydrogens (tertiary/aromatic N) is 2. The molecule has 0 aromatic carbocycles. The van der Waals surface area contributed by atoms with E-state index in [0.29, 0.717) is 12.3 Å². The predicted octanol–water partition coefficient (Wildman–Crippen LogP) is 2.23. The summed E-state index contributed by atoms with van der Waals surface area (Å²) in [6.45, 7) is 6.19. The molecule has 0 saturated carbocycles. The van der Waals surface area contributed by atoms with Crippen molar-refractivity contribution in [3.8, 4) is 0 Å². The highest BCUT2D eigenvalue weighted by Gasteiger charge is 2.20. The summed E-state index contributed by atoms with van der Waals surface area (Å²) in [4.78, 5) is 12.1. The number of rotatable bonds is 6. The fourth-order valence-corrected chi connectivity index (χ4v) is 2.70. The number of carbonyl (C=O) groups is 1. The van der Waals surface area contributed by atoms with Gasteiger partial charge in [-0.05, 0) is 34.7 Å². The van der Waals surface area contributed by atoms with Gasteiger partial charge in [0.2, 0.25) is 0 Å². The molecule has 102 valence electrons. The molecule has 0 spiro atoms. The average molecular weight is 316 g/mol. The van der Waals surface area contributed by atoms with Crippen LogP contribution in [-0.4, -0.2) is 21.6 Å². The molecule has 5 heteroatoms. The maximum absolute atomic E-state index is 12.1. The van der Waals surface area contributed by atoms with Crippen molar-refractivity contribution in [2.24, 2.45) is 18.7 Å². The van der Waals surface area contributed by atoms with Gasteiger partial charge in [0, 0.05) is 7.05 Å². The number of hydrogen-bond donors (Lipinski definition) is 1. The van der Waals surface area contributed by atoms with E-state index in [1.807, 2.05) is 14.0 Å². The van der Waals surface area contributed by atoms with Crippen molar-refractivity contribution in [1.29, 1.82) is 0 Å². The van der Waals surface area contributed by atoms with Crippen molar-refractivity contribution in [1.82, 2.24) is 9.78 Å². The van der Waals surface area contributed by atoms with Crippen molar-refractivity contribution in [2.45, 2.75) is 46.1 Å². The Bertz CT molecular complexity index is 426. The first-order chi connectivity index (χ1) is 8.36. The molecule has 0 bridgehead atoms. The van der Waals surface area contributed by atoms with E-state index in [9.17, 15) is 4.79 Å². The molecule has 0 radical (unpaired) electrons. The molecule has 0 aliphatic heterocycles. The minimum absolute atomic E-state index is 0.0788. The van der Waals surface area contributed by atoms with Gasteiger partial charge in [-0.15, -0.1) is 0 Å². The van der Waals surface area contributed by atoms with Crippen LogP contribution < -0.4 is 5.73 Å². The van der Waals surface area contributed by atoms with Crippen molar-refractivity contribution in [3.63, 3.8) is 0 Å². The van der Waals surface area contributed by atoms with Crippen LogP contribution in [-0.2, 0) is 24.7 Å². The number of aryl methyl sites for hydroxylation is 2. The highest BCUT2D eigenvalue weighted by molar-refractivity contribution is 9.10. The van der Waals surface area contributed by atoms with E-state index < -0.39 is 0 Å². The Kier molecular flexibility index (Phi) is 5.53. The standard InChI is InChI=1S/C13H22BrN3O/c1-5-10-13(14)11(17(4)16-10)7-12(18)9(15)6-8(2)3/h8-9H,5-7,15H2,1-4H3. The summed E-state index contributed by atoms with van der Waals surface area (Å²) in [6.07, 6.45) is 1.92. The Morgan fingerprint density at radius 2 is 2.11 bits per heavy atom. The predicted molar refractivity (Wildman–Crippen MR) is 76.4 cm³/mol. The highest BCUT2D eigenvalue weighted by Crippen LogP contribution is 2.22. The number of carbonyl (C=O) groups excluding carboxylic acids is 1. The Morgan fingerprint density at radius 1 is 1.50 bits per heavy atom. The van der Waals surface area contributed by atoms with Gasteiger partial charge in [-0.25, -0.2) is 0 Å². The molecule has 0 aliphatic carbocycles. The minimum Gasteiger partial charge on any atom is -0.321 e. The van der Waals surface area contributed by atoms with Gasteiger partial charge in [0.15, 0.2) is 5.78 Å². The number of hydrogen-bond acceptors (Lipinski definition) is 3. The van der Waals surface area contributed by atoms with Crippen LogP contribution in [0.15, 0.2) is 4.47 Å². The molecule has 1 unspecified atom stereocenters. The molecule has 1 rings (SSSR count). The van der Waals surface area contributed by atoms with Crippen LogP contribution in [0.2, 0.25) is 0 Å². The number of ketones is 1. The molecular weight excluding hydrogens is 294 g/mol. The van der Waals surface area contributed by atoms with E-state index >= 15 is 0 Å². The van der Waals surface area contributed by atoms with E-state index in [1.54, 1.807) is 4.68 Å². The minimum atomic E-state index is -0.378. The van der Waals surface area contributed by atoms with Gasteiger partial charge in [0.05, 0.1) is 28.3 Å². The first kappa shape index (κ1) is 15.4. The molecular formula is C13H22BrN3O. The molecule has 1 aromatic rings. The lowest BCUT2D eigenvalue weighted by Gasteiger charge is -2.13. The van der Waals surface area contributed by atoms with Crippen LogP contribution in [0.25, 0.3) is 0 Å². The summed E-state index contributed by atoms with van der Waals surface area (Å²) in [6, 6.07) is -0.378. The lowest BCUT2D eigenvalue weighted by molar-refractivity contribution is -0.120. The monoisotopic (exact) mass is 315 g/mol. The summed E-state index contributed by atoms with van der Waals surface area (Å²) in [5.41, 5.74) is 7.81. The lowest BCUT2D eigenvalue weighted by atomic mass is 9.98. The third-order valence-electron chi connectivity index (χ3n) is 2.98. The Balaban J connectivity index is 2.79. The number of aromatic nitrogens is 2. The van der Waals surface area contributed by atoms with Gasteiger partial charge in [-0.3, -0.25) is 9.48 Å². The number of halogens is 1. The second-order valence-electron chi connectivity index (χ2n) is 5.06. The summed E-state index contributed by atoms with van der Waals surface area (Å²) < 4.78 is 2.71. The smallest absolute Gasteiger partial charge is 0.155 e. The number of Topliss-reactive ketones (excluding diaryl/α,β-unsaturated/α-hetero) is 1. The van der Waals surface area contributed by atoms with Gasteiger partial charge in [0.1, 0.15) is 0 Å². The Labute approximate surface area is 117 Å². The van der Waals surface area contributed by atoms with Gasteiger partial charge in [-0.2, -0.15) is 5.10 Å². The third-order valence-corrected chi connectivity index (χ3v) is 3.90. The number of nitrogens with two attached hydrogens (primary N) is 1. The second-order valence-corrected chi connectivity index (χ2v) is 5.86. The highest BCUT2D eigenvalue weighted by atomic mass is 79.9. The van der Waals surface area contributed by atoms with Gasteiger partial charge < -0.3 is 5.73 Å². The normalized spacial score (nSPS) is 13.1. The van der Waals surface area contributed by atoms with Crippen LogP contribution in [0.4, 0.5) is 0 Å². The zero-order chi connectivity index (χ0) is 13.9. The average Bonchev–Trinajstić information content (AvgIpc) is 2.55. The first-order valence-corrected chi connectivity index (χ1v) is 7.14. The molecule has 1 heterocycles. The van der Waals surface area contributed by atoms with E-state index in [4.69, 9.17) is 5.73 Å². The summed E-state index contributed by atoms with van der Waals surface area (Å²) in [7, 11) is 1.86. The molecule has 18 heavy (non-hydrogen) atoms. The zero-order valence-electron chi connectivity index (χ0n) is 11.5. The molecule has 2 N–H and O–H groups in total. The van der Waals surface area contributed by atoms with Crippen LogP contribution in [0, 0.1) is 5.92 Å². The van der Waals surface area contributed by atoms with Crippen molar-refractivity contribution in [3.05, 3.63) is 15.9 Å². The first-order valence-electron chi connectivity index (χ1n) is 6.35. The van der Waals surface area contributed by atoms with E-state index in [-0.39, 0.29) is 11.8 Å². The zero-order valence-corrected chi connectivity index (χ0v) is 13.1. The fourth-order valence-electron chi connectivity index (χ4n) is 1.95. The molecule has 0 aliphatic rings. The maximum Gasteiger partial charge on any atom is 0.155 e. The van der Waals surface area contributed by atoms with Crippen LogP contribution in [0.5, 0.6) is 0 Å². The van der Waals surface area contributed by atoms with Gasteiger partial charge >= 0.3 is 0 Å². The van der Waals surface area contributed by atoms with E-state index in [1.165, 1.54) is 0 Å². The lowest BCUT2D eigenvalue weighted by Crippen LogP contribution is -2.33. The van der Waals surface area contributed by atoms with Crippen molar-refractivity contribution < 1.29 is 4.79 Å². The summed E-state index contributed by atoms with van der Waals surface area (Å²) >= 11 is 3.51. The molecule has 0 amide bonds. The topological polar surface area (TPSA) is 60.9 Å². The largest absolute Gasteiger partial charge is 0.321 e. The molecule has 4 nitrogen and oxygen atoms in total. The van der Waals surface area contributed by atoms with Crippen LogP contribution in [0.3, 0.4) is 0 Å². The van der Waals surface area contributed by atoms with Crippen LogP contribution in [0.1, 0.15) is 38.6 Å². The van der Waals surface area contributed by atoms with Crippen molar-refractivity contribution >= 4 is 21.7 Å². The maximum atomic E-state index is 12.1. The molecule has 0 saturated heterocycles. The third kappa shape index (κ3) is 3.65. The molecule has 1 atom stereocenters. The van der Waals surface area contributed by atoms with Gasteiger partial charge in [-0.1, -0.05) is 20.8 Å². The quantitative estimate of drug-likeness (QED) is 0.875. The summed E-state index contributed by atoms with van der Waals surface area (Å²) in [5, 5.41) is 4.38. The second kappa shape index (κ2) is 6.48. The SMILES string of the molecule is CCc1nn(C)c(CC(=O)C(N)CC(C)C)c1Br. The summed E-state index contributed by atoms with van der Waals surface area (Å²) in [5.74, 6) is 0.514. The van der Waals surface area contributed by atoms with Gasteiger partial charge in [0.25, 0.3) is 0 Å². The molecule has 0 fully saturated rings. The Morgan fingerprint density at radius 3 is 2.56 bits per heavy atom. The van der Waals surface area contributed by atoms with E-state index in [0.717, 1.165) is 28.7 Å². The van der Waals surface area contributed by atoms with Crippen LogP contribution >= 0.6 is 15.9 Å². The molecule has 1 aromatic heterocycles. The Hall–Kier alpha value is -0.680. The van der Waals surface area contributed by atoms with E-state index in [2.05, 4.69) is 34.9 Å². The van der Waals surface area contributed by atoms with Crippen molar-refractivity contribution in [2.75, 3.05) is 0 Å². The fraction of sp³-hybridized carbons (Fsp3) is 0.692.